The van der Waals surface area contributed by atoms with Crippen LogP contribution in [0.4, 0.5) is 0 Å². The lowest BCUT2D eigenvalue weighted by Gasteiger charge is -2.20. The van der Waals surface area contributed by atoms with E-state index in [0.717, 1.165) is 0 Å². The molecule has 1 aliphatic heterocycles. The van der Waals surface area contributed by atoms with Crippen molar-refractivity contribution in [2.45, 2.75) is 6.10 Å². The largest absolute Gasteiger partial charge is 0.533 e. The third kappa shape index (κ3) is 1.93. The Morgan fingerprint density at radius 3 is 2.80 bits per heavy atom. The number of rotatable bonds is 2. The maximum Gasteiger partial charge on any atom is 0.526 e. The Morgan fingerprint density at radius 2 is 2.40 bits per heavy atom. The zero-order valence-electron chi connectivity index (χ0n) is 5.69. The minimum Gasteiger partial charge on any atom is -0.533 e. The Labute approximate surface area is 58.6 Å². The van der Waals surface area contributed by atoms with Crippen LogP contribution in [-0.4, -0.2) is 43.4 Å². The van der Waals surface area contributed by atoms with E-state index in [9.17, 15) is 0 Å². The smallest absolute Gasteiger partial charge is 0.526 e. The Bertz CT molecular complexity index is 116. The van der Waals surface area contributed by atoms with Crippen LogP contribution in [0, 0.1) is 0 Å². The second-order valence-corrected chi connectivity index (χ2v) is 2.18. The number of hydrogen-bond acceptors (Lipinski definition) is 5. The Kier molecular flexibility index (Phi) is 2.27. The standard InChI is InChI=1S/C4H10BO5/c1-8-2-4-3-9-5(6,7)10-4/h4,6-7H,2-3H2,1H3/q-1. The first-order valence-electron chi connectivity index (χ1n) is 3.03. The molecule has 60 valence electrons. The van der Waals surface area contributed by atoms with Gasteiger partial charge in [0.2, 0.25) is 0 Å². The van der Waals surface area contributed by atoms with Crippen LogP contribution in [0.3, 0.4) is 0 Å². The predicted octanol–water partition coefficient (Wildman–Crippen LogP) is -1.53. The van der Waals surface area contributed by atoms with Crippen LogP contribution in [0.1, 0.15) is 0 Å². The van der Waals surface area contributed by atoms with Crippen molar-refractivity contribution < 1.29 is 24.1 Å². The summed E-state index contributed by atoms with van der Waals surface area (Å²) in [5.74, 6) is 0. The van der Waals surface area contributed by atoms with E-state index in [4.69, 9.17) is 14.8 Å². The lowest BCUT2D eigenvalue weighted by molar-refractivity contribution is 0.0570. The average molecular weight is 149 g/mol. The van der Waals surface area contributed by atoms with Crippen LogP contribution in [0.25, 0.3) is 0 Å². The van der Waals surface area contributed by atoms with Crippen LogP contribution in [0.2, 0.25) is 0 Å². The van der Waals surface area contributed by atoms with E-state index < -0.39 is 6.96 Å². The summed E-state index contributed by atoms with van der Waals surface area (Å²) in [5, 5.41) is 17.4. The van der Waals surface area contributed by atoms with Crippen LogP contribution in [0.5, 0.6) is 0 Å². The van der Waals surface area contributed by atoms with Crippen LogP contribution < -0.4 is 0 Å². The highest BCUT2D eigenvalue weighted by atomic mass is 16.8. The van der Waals surface area contributed by atoms with Crippen molar-refractivity contribution >= 4 is 6.96 Å². The molecule has 10 heavy (non-hydrogen) atoms. The van der Waals surface area contributed by atoms with Gasteiger partial charge >= 0.3 is 6.96 Å². The molecule has 1 atom stereocenters. The average Bonchev–Trinajstić information content (AvgIpc) is 2.12. The van der Waals surface area contributed by atoms with E-state index in [2.05, 4.69) is 9.31 Å². The Hall–Kier alpha value is -0.135. The normalized spacial score (nSPS) is 30.9. The minimum atomic E-state index is -3.00. The minimum absolute atomic E-state index is 0.167. The van der Waals surface area contributed by atoms with Gasteiger partial charge in [0.1, 0.15) is 0 Å². The molecule has 1 heterocycles. The Morgan fingerprint density at radius 1 is 1.70 bits per heavy atom. The van der Waals surface area contributed by atoms with Gasteiger partial charge in [-0.25, -0.2) is 0 Å². The zero-order chi connectivity index (χ0) is 7.61. The second-order valence-electron chi connectivity index (χ2n) is 2.18. The summed E-state index contributed by atoms with van der Waals surface area (Å²) >= 11 is 0. The third-order valence-electron chi connectivity index (χ3n) is 1.22. The van der Waals surface area contributed by atoms with Gasteiger partial charge in [0.25, 0.3) is 0 Å². The highest BCUT2D eigenvalue weighted by Gasteiger charge is 2.33. The fourth-order valence-electron chi connectivity index (χ4n) is 0.835. The van der Waals surface area contributed by atoms with Gasteiger partial charge in [0, 0.05) is 13.7 Å². The van der Waals surface area contributed by atoms with Gasteiger partial charge in [0.05, 0.1) is 12.7 Å². The van der Waals surface area contributed by atoms with Gasteiger partial charge in [-0.2, -0.15) is 0 Å². The van der Waals surface area contributed by atoms with E-state index in [1.165, 1.54) is 7.11 Å². The number of methoxy groups -OCH3 is 1. The molecule has 0 radical (unpaired) electrons. The van der Waals surface area contributed by atoms with Gasteiger partial charge in [-0.05, 0) is 0 Å². The van der Waals surface area contributed by atoms with Crippen LogP contribution in [-0.2, 0) is 14.0 Å². The molecule has 0 aromatic rings. The van der Waals surface area contributed by atoms with E-state index in [0.29, 0.717) is 6.61 Å². The van der Waals surface area contributed by atoms with Gasteiger partial charge in [-0.3, -0.25) is 0 Å². The molecule has 0 amide bonds. The topological polar surface area (TPSA) is 68.2 Å². The molecular formula is C4H10BO5-. The van der Waals surface area contributed by atoms with Crippen molar-refractivity contribution in [2.75, 3.05) is 20.3 Å². The summed E-state index contributed by atoms with van der Waals surface area (Å²) in [6, 6.07) is 0. The van der Waals surface area contributed by atoms with Crippen molar-refractivity contribution in [1.82, 2.24) is 0 Å². The molecule has 2 N–H and O–H groups in total. The van der Waals surface area contributed by atoms with Gasteiger partial charge in [0.15, 0.2) is 0 Å². The molecule has 0 aliphatic carbocycles. The zero-order valence-corrected chi connectivity index (χ0v) is 5.69. The molecule has 5 nitrogen and oxygen atoms in total. The molecular weight excluding hydrogens is 139 g/mol. The van der Waals surface area contributed by atoms with Gasteiger partial charge < -0.3 is 24.1 Å². The first kappa shape index (κ1) is 7.97. The van der Waals surface area contributed by atoms with Crippen LogP contribution >= 0.6 is 0 Å². The monoisotopic (exact) mass is 149 g/mol. The predicted molar refractivity (Wildman–Crippen MR) is 32.9 cm³/mol. The lowest BCUT2D eigenvalue weighted by Crippen LogP contribution is -2.37. The lowest BCUT2D eigenvalue weighted by atomic mass is 10.1. The van der Waals surface area contributed by atoms with E-state index in [1.807, 2.05) is 0 Å². The van der Waals surface area contributed by atoms with Crippen LogP contribution in [0.15, 0.2) is 0 Å². The second kappa shape index (κ2) is 2.85. The maximum atomic E-state index is 8.71. The first-order valence-corrected chi connectivity index (χ1v) is 3.03. The van der Waals surface area contributed by atoms with Crippen molar-refractivity contribution in [3.63, 3.8) is 0 Å². The highest BCUT2D eigenvalue weighted by molar-refractivity contribution is 6.50. The molecule has 6 heteroatoms. The first-order chi connectivity index (χ1) is 4.64. The summed E-state index contributed by atoms with van der Waals surface area (Å²) in [4.78, 5) is 0. The van der Waals surface area contributed by atoms with Crippen molar-refractivity contribution in [1.29, 1.82) is 0 Å². The fourth-order valence-corrected chi connectivity index (χ4v) is 0.835. The molecule has 0 bridgehead atoms. The number of ether oxygens (including phenoxy) is 1. The summed E-state index contributed by atoms with van der Waals surface area (Å²) in [5.41, 5.74) is 0. The SMILES string of the molecule is COCC1CO[B-](O)(O)O1. The quantitative estimate of drug-likeness (QED) is 0.466. The van der Waals surface area contributed by atoms with E-state index in [1.54, 1.807) is 0 Å². The molecule has 0 aromatic carbocycles. The molecule has 0 aromatic heterocycles. The van der Waals surface area contributed by atoms with E-state index >= 15 is 0 Å². The third-order valence-corrected chi connectivity index (χ3v) is 1.22. The van der Waals surface area contributed by atoms with Crippen molar-refractivity contribution in [3.8, 4) is 0 Å². The highest BCUT2D eigenvalue weighted by Crippen LogP contribution is 2.13. The summed E-state index contributed by atoms with van der Waals surface area (Å²) in [6.07, 6.45) is -0.361. The summed E-state index contributed by atoms with van der Waals surface area (Å²) in [7, 11) is 1.51. The Balaban J connectivity index is 2.29. The molecule has 0 saturated carbocycles. The molecule has 1 rings (SSSR count). The molecule has 1 fully saturated rings. The van der Waals surface area contributed by atoms with Crippen molar-refractivity contribution in [2.24, 2.45) is 0 Å². The maximum absolute atomic E-state index is 8.71. The van der Waals surface area contributed by atoms with Gasteiger partial charge in [-0.15, -0.1) is 0 Å². The summed E-state index contributed by atoms with van der Waals surface area (Å²) in [6.45, 7) is -2.52. The van der Waals surface area contributed by atoms with E-state index in [-0.39, 0.29) is 12.7 Å². The van der Waals surface area contributed by atoms with Crippen molar-refractivity contribution in [3.05, 3.63) is 0 Å². The number of hydrogen-bond donors (Lipinski definition) is 2. The molecule has 0 spiro atoms. The molecule has 1 aliphatic rings. The van der Waals surface area contributed by atoms with Gasteiger partial charge in [-0.1, -0.05) is 0 Å². The molecule has 1 saturated heterocycles. The summed E-state index contributed by atoms with van der Waals surface area (Å²) < 4.78 is 13.8. The fraction of sp³-hybridized carbons (Fsp3) is 1.00. The molecule has 1 unspecified atom stereocenters.